The summed E-state index contributed by atoms with van der Waals surface area (Å²) in [7, 11) is 0. The maximum absolute atomic E-state index is 14.5. The van der Waals surface area contributed by atoms with Gasteiger partial charge in [0.15, 0.2) is 0 Å². The van der Waals surface area contributed by atoms with Crippen LogP contribution in [0.3, 0.4) is 0 Å². The minimum absolute atomic E-state index is 0.134. The fourth-order valence-electron chi connectivity index (χ4n) is 6.09. The molecule has 1 aliphatic heterocycles. The van der Waals surface area contributed by atoms with E-state index in [-0.39, 0.29) is 12.5 Å². The van der Waals surface area contributed by atoms with E-state index in [1.807, 2.05) is 66.4 Å². The van der Waals surface area contributed by atoms with Crippen LogP contribution in [0.2, 0.25) is 0 Å². The molecule has 5 rings (SSSR count). The molecule has 1 fully saturated rings. The summed E-state index contributed by atoms with van der Waals surface area (Å²) in [6.07, 6.45) is 8.38. The Bertz CT molecular complexity index is 1700. The first-order valence-electron chi connectivity index (χ1n) is 17.9. The molecule has 0 spiro atoms. The van der Waals surface area contributed by atoms with E-state index in [0.29, 0.717) is 38.2 Å². The first-order chi connectivity index (χ1) is 25.1. The molecule has 1 aliphatic rings. The Kier molecular flexibility index (Phi) is 15.2. The van der Waals surface area contributed by atoms with E-state index in [0.717, 1.165) is 54.6 Å². The Morgan fingerprint density at radius 3 is 2.06 bits per heavy atom. The van der Waals surface area contributed by atoms with Gasteiger partial charge in [-0.2, -0.15) is 13.2 Å². The van der Waals surface area contributed by atoms with Crippen LogP contribution in [0, 0.1) is 0 Å². The summed E-state index contributed by atoms with van der Waals surface area (Å²) in [4.78, 5) is 38.3. The van der Waals surface area contributed by atoms with Crippen LogP contribution < -0.4 is 4.90 Å². The molecule has 9 heteroatoms. The molecule has 0 unspecified atom stereocenters. The van der Waals surface area contributed by atoms with Gasteiger partial charge in [-0.1, -0.05) is 92.6 Å². The molecule has 1 aromatic heterocycles. The van der Waals surface area contributed by atoms with Crippen molar-refractivity contribution in [1.82, 2.24) is 14.8 Å². The Balaban J connectivity index is 0.00000195. The predicted molar refractivity (Wildman–Crippen MR) is 204 cm³/mol. The van der Waals surface area contributed by atoms with E-state index < -0.39 is 23.7 Å². The third-order valence-electron chi connectivity index (χ3n) is 8.94. The second-order valence-electron chi connectivity index (χ2n) is 12.8. The van der Waals surface area contributed by atoms with Crippen molar-refractivity contribution in [3.05, 3.63) is 150 Å². The molecule has 0 N–H and O–H groups in total. The van der Waals surface area contributed by atoms with Gasteiger partial charge in [0.2, 0.25) is 11.8 Å². The molecule has 6 nitrogen and oxygen atoms in total. The Morgan fingerprint density at radius 1 is 0.846 bits per heavy atom. The maximum Gasteiger partial charge on any atom is 0.416 e. The highest BCUT2D eigenvalue weighted by atomic mass is 19.4. The molecule has 1 saturated heterocycles. The number of hydrogen-bond donors (Lipinski definition) is 0. The van der Waals surface area contributed by atoms with Crippen molar-refractivity contribution in [2.75, 3.05) is 31.1 Å². The normalized spacial score (nSPS) is 13.6. The molecule has 4 aromatic rings. The van der Waals surface area contributed by atoms with Crippen molar-refractivity contribution >= 4 is 23.6 Å². The minimum atomic E-state index is -4.45. The van der Waals surface area contributed by atoms with Crippen molar-refractivity contribution < 1.29 is 22.8 Å². The van der Waals surface area contributed by atoms with E-state index >= 15 is 0 Å². The average Bonchev–Trinajstić information content (AvgIpc) is 3.16. The van der Waals surface area contributed by atoms with Crippen molar-refractivity contribution in [1.29, 1.82) is 0 Å². The highest BCUT2D eigenvalue weighted by molar-refractivity contribution is 5.96. The fraction of sp³-hybridized carbons (Fsp3) is 0.326. The van der Waals surface area contributed by atoms with Crippen molar-refractivity contribution in [2.24, 2.45) is 0 Å². The molecular weight excluding hydrogens is 661 g/mol. The number of alkyl halides is 3. The van der Waals surface area contributed by atoms with Gasteiger partial charge in [-0.05, 0) is 72.4 Å². The molecule has 1 atom stereocenters. The molecule has 2 amide bonds. The Morgan fingerprint density at radius 2 is 1.46 bits per heavy atom. The topological polar surface area (TPSA) is 56.8 Å². The standard InChI is InChI=1S/C40H43F3N4O2.C3H6/c1-2-3-5-8-31-11-13-34(14-12-31)30-47(38(48)20-17-32-15-18-35(19-16-32)40(41,42)43)37(29-33-9-6-4-7-10-33)39(49)46-27-25-45(26-28-46)36-21-23-44-24-22-36;1-3-2/h4,6-7,9-24,37H,2-3,5,8,25-30H2,1H3;3H,1H2,2H3/b20-17+;/t37-;/m0./s1. The Hall–Kier alpha value is -5.18. The number of halogens is 3. The minimum Gasteiger partial charge on any atom is -0.368 e. The molecule has 0 aliphatic carbocycles. The van der Waals surface area contributed by atoms with Gasteiger partial charge in [-0.15, -0.1) is 6.58 Å². The number of piperazine rings is 1. The Labute approximate surface area is 306 Å². The number of nitrogens with zero attached hydrogens (tertiary/aromatic N) is 4. The van der Waals surface area contributed by atoms with E-state index in [9.17, 15) is 22.8 Å². The lowest BCUT2D eigenvalue weighted by Gasteiger charge is -2.40. The number of amides is 2. The lowest BCUT2D eigenvalue weighted by molar-refractivity contribution is -0.144. The summed E-state index contributed by atoms with van der Waals surface area (Å²) in [6, 6.07) is 25.6. The maximum atomic E-state index is 14.5. The smallest absolute Gasteiger partial charge is 0.368 e. The predicted octanol–water partition coefficient (Wildman–Crippen LogP) is 9.03. The molecule has 0 radical (unpaired) electrons. The van der Waals surface area contributed by atoms with Crippen LogP contribution in [0.5, 0.6) is 0 Å². The van der Waals surface area contributed by atoms with Gasteiger partial charge in [0.05, 0.1) is 5.56 Å². The highest BCUT2D eigenvalue weighted by Gasteiger charge is 2.34. The van der Waals surface area contributed by atoms with Crippen molar-refractivity contribution in [3.8, 4) is 0 Å². The number of carbonyl (C=O) groups is 2. The molecule has 0 bridgehead atoms. The van der Waals surface area contributed by atoms with Gasteiger partial charge in [0.25, 0.3) is 0 Å². The quantitative estimate of drug-likeness (QED) is 0.0790. The van der Waals surface area contributed by atoms with Crippen LogP contribution in [0.15, 0.2) is 122 Å². The number of carbonyl (C=O) groups excluding carboxylic acids is 2. The van der Waals surface area contributed by atoms with Crippen LogP contribution in [-0.2, 0) is 35.2 Å². The molecule has 52 heavy (non-hydrogen) atoms. The van der Waals surface area contributed by atoms with Gasteiger partial charge >= 0.3 is 6.18 Å². The lowest BCUT2D eigenvalue weighted by Crippen LogP contribution is -2.56. The van der Waals surface area contributed by atoms with Gasteiger partial charge in [0.1, 0.15) is 6.04 Å². The van der Waals surface area contributed by atoms with E-state index in [4.69, 9.17) is 0 Å². The van der Waals surface area contributed by atoms with E-state index in [1.54, 1.807) is 23.4 Å². The number of aryl methyl sites for hydroxylation is 1. The zero-order valence-electron chi connectivity index (χ0n) is 30.1. The van der Waals surface area contributed by atoms with E-state index in [2.05, 4.69) is 35.5 Å². The van der Waals surface area contributed by atoms with Crippen molar-refractivity contribution in [3.63, 3.8) is 0 Å². The number of pyridine rings is 1. The van der Waals surface area contributed by atoms with Crippen LogP contribution in [0.25, 0.3) is 6.08 Å². The van der Waals surface area contributed by atoms with Gasteiger partial charge < -0.3 is 14.7 Å². The zero-order chi connectivity index (χ0) is 37.3. The van der Waals surface area contributed by atoms with Crippen LogP contribution in [-0.4, -0.2) is 58.8 Å². The summed E-state index contributed by atoms with van der Waals surface area (Å²) in [5.41, 5.74) is 3.78. The monoisotopic (exact) mass is 710 g/mol. The summed E-state index contributed by atoms with van der Waals surface area (Å²) >= 11 is 0. The molecule has 274 valence electrons. The fourth-order valence-corrected chi connectivity index (χ4v) is 6.09. The number of hydrogen-bond acceptors (Lipinski definition) is 4. The highest BCUT2D eigenvalue weighted by Crippen LogP contribution is 2.29. The number of benzene rings is 3. The summed E-state index contributed by atoms with van der Waals surface area (Å²) in [5.74, 6) is -0.526. The van der Waals surface area contributed by atoms with Crippen LogP contribution in [0.4, 0.5) is 18.9 Å². The molecular formula is C43H49F3N4O2. The number of aromatic nitrogens is 1. The number of anilines is 1. The molecule has 0 saturated carbocycles. The van der Waals surface area contributed by atoms with Gasteiger partial charge in [0, 0.05) is 63.3 Å². The summed E-state index contributed by atoms with van der Waals surface area (Å²) in [5, 5.41) is 0. The third-order valence-corrected chi connectivity index (χ3v) is 8.94. The number of allylic oxidation sites excluding steroid dienone is 1. The second-order valence-corrected chi connectivity index (χ2v) is 12.8. The summed E-state index contributed by atoms with van der Waals surface area (Å²) in [6.45, 7) is 9.93. The van der Waals surface area contributed by atoms with Gasteiger partial charge in [-0.3, -0.25) is 14.6 Å². The number of unbranched alkanes of at least 4 members (excludes halogenated alkanes) is 2. The third kappa shape index (κ3) is 12.0. The van der Waals surface area contributed by atoms with Crippen LogP contribution >= 0.6 is 0 Å². The zero-order valence-corrected chi connectivity index (χ0v) is 30.1. The summed E-state index contributed by atoms with van der Waals surface area (Å²) < 4.78 is 39.4. The van der Waals surface area contributed by atoms with Gasteiger partial charge in [-0.25, -0.2) is 0 Å². The first-order valence-corrected chi connectivity index (χ1v) is 17.9. The average molecular weight is 711 g/mol. The SMILES string of the molecule is C=CC.CCCCCc1ccc(CN(C(=O)/C=C/c2ccc(C(F)(F)F)cc2)[C@@H](Cc2ccccc2)C(=O)N2CCN(c3ccncc3)CC2)cc1. The molecule has 3 aromatic carbocycles. The molecule has 2 heterocycles. The first kappa shape index (κ1) is 39.6. The van der Waals surface area contributed by atoms with Crippen molar-refractivity contribution in [2.45, 2.75) is 64.7 Å². The largest absolute Gasteiger partial charge is 0.416 e. The number of rotatable bonds is 13. The second kappa shape index (κ2) is 20.0. The van der Waals surface area contributed by atoms with Crippen LogP contribution in [0.1, 0.15) is 60.9 Å². The lowest BCUT2D eigenvalue weighted by atomic mass is 10.0. The van der Waals surface area contributed by atoms with E-state index in [1.165, 1.54) is 29.8 Å².